The summed E-state index contributed by atoms with van der Waals surface area (Å²) in [7, 11) is 1.62. The maximum atomic E-state index is 12.8. The van der Waals surface area contributed by atoms with E-state index in [9.17, 15) is 4.79 Å². The van der Waals surface area contributed by atoms with Crippen molar-refractivity contribution in [3.05, 3.63) is 48.0 Å². The van der Waals surface area contributed by atoms with Gasteiger partial charge in [-0.2, -0.15) is 0 Å². The lowest BCUT2D eigenvalue weighted by atomic mass is 10.1. The van der Waals surface area contributed by atoms with E-state index in [0.717, 1.165) is 34.3 Å². The van der Waals surface area contributed by atoms with Gasteiger partial charge in [-0.05, 0) is 42.0 Å². The first-order valence-corrected chi connectivity index (χ1v) is 9.52. The Kier molecular flexibility index (Phi) is 4.79. The van der Waals surface area contributed by atoms with Crippen LogP contribution >= 0.6 is 11.8 Å². The van der Waals surface area contributed by atoms with Gasteiger partial charge in [0, 0.05) is 18.0 Å². The Labute approximate surface area is 156 Å². The zero-order chi connectivity index (χ0) is 17.9. The zero-order valence-corrected chi connectivity index (χ0v) is 15.3. The molecule has 2 aliphatic rings. The highest BCUT2D eigenvalue weighted by Crippen LogP contribution is 2.41. The third-order valence-electron chi connectivity index (χ3n) is 4.34. The lowest BCUT2D eigenvalue weighted by molar-refractivity contribution is 0.171. The molecule has 4 rings (SSSR count). The number of ether oxygens (including phenoxy) is 3. The Balaban J connectivity index is 1.49. The van der Waals surface area contributed by atoms with E-state index in [-0.39, 0.29) is 11.4 Å². The van der Waals surface area contributed by atoms with E-state index in [0.29, 0.717) is 19.8 Å². The molecular weight excluding hydrogens is 352 g/mol. The van der Waals surface area contributed by atoms with E-state index in [4.69, 9.17) is 14.2 Å². The van der Waals surface area contributed by atoms with Crippen molar-refractivity contribution in [3.63, 3.8) is 0 Å². The first-order chi connectivity index (χ1) is 12.7. The average Bonchev–Trinajstić information content (AvgIpc) is 3.18. The number of carbonyl (C=O) groups is 1. The number of hydrogen-bond donors (Lipinski definition) is 1. The number of urea groups is 1. The molecule has 0 aliphatic carbocycles. The van der Waals surface area contributed by atoms with Crippen LogP contribution in [0.1, 0.15) is 10.9 Å². The summed E-state index contributed by atoms with van der Waals surface area (Å²) < 4.78 is 16.4. The minimum atomic E-state index is -0.111. The number of nitrogens with one attached hydrogen (secondary N) is 1. The molecule has 7 heteroatoms. The quantitative estimate of drug-likeness (QED) is 0.889. The number of anilines is 1. The monoisotopic (exact) mass is 372 g/mol. The van der Waals surface area contributed by atoms with Crippen molar-refractivity contribution in [2.75, 3.05) is 37.9 Å². The van der Waals surface area contributed by atoms with Gasteiger partial charge in [-0.3, -0.25) is 0 Å². The Morgan fingerprint density at radius 2 is 1.92 bits per heavy atom. The molecule has 0 aromatic heterocycles. The van der Waals surface area contributed by atoms with Crippen molar-refractivity contribution in [2.24, 2.45) is 0 Å². The third kappa shape index (κ3) is 3.39. The van der Waals surface area contributed by atoms with Crippen LogP contribution in [0, 0.1) is 0 Å². The average molecular weight is 372 g/mol. The van der Waals surface area contributed by atoms with E-state index >= 15 is 0 Å². The first kappa shape index (κ1) is 16.9. The van der Waals surface area contributed by atoms with Crippen LogP contribution in [0.2, 0.25) is 0 Å². The molecule has 1 saturated heterocycles. The molecule has 0 saturated carbocycles. The van der Waals surface area contributed by atoms with Gasteiger partial charge in [-0.15, -0.1) is 11.8 Å². The fourth-order valence-electron chi connectivity index (χ4n) is 3.04. The lowest BCUT2D eigenvalue weighted by Gasteiger charge is -2.26. The molecule has 2 heterocycles. The van der Waals surface area contributed by atoms with Gasteiger partial charge in [0.05, 0.1) is 7.11 Å². The summed E-state index contributed by atoms with van der Waals surface area (Å²) >= 11 is 1.75. The number of nitrogens with zero attached hydrogens (tertiary/aromatic N) is 1. The highest BCUT2D eigenvalue weighted by atomic mass is 32.2. The van der Waals surface area contributed by atoms with Crippen LogP contribution in [0.25, 0.3) is 0 Å². The largest absolute Gasteiger partial charge is 0.497 e. The highest BCUT2D eigenvalue weighted by Gasteiger charge is 2.31. The zero-order valence-electron chi connectivity index (χ0n) is 14.4. The predicted molar refractivity (Wildman–Crippen MR) is 101 cm³/mol. The molecule has 0 spiro atoms. The van der Waals surface area contributed by atoms with Gasteiger partial charge < -0.3 is 24.4 Å². The van der Waals surface area contributed by atoms with E-state index in [1.54, 1.807) is 18.9 Å². The van der Waals surface area contributed by atoms with E-state index in [2.05, 4.69) is 5.32 Å². The SMILES string of the molecule is COc1ccc(NC(=O)N2CCSC2c2ccc3c(c2)OCCO3)cc1. The molecule has 0 bridgehead atoms. The number of methoxy groups -OCH3 is 1. The minimum Gasteiger partial charge on any atom is -0.497 e. The van der Waals surface area contributed by atoms with Gasteiger partial charge in [0.2, 0.25) is 0 Å². The Morgan fingerprint density at radius 1 is 1.15 bits per heavy atom. The van der Waals surface area contributed by atoms with E-state index < -0.39 is 0 Å². The number of benzene rings is 2. The van der Waals surface area contributed by atoms with Crippen molar-refractivity contribution in [3.8, 4) is 17.2 Å². The molecule has 2 aromatic rings. The smallest absolute Gasteiger partial charge is 0.323 e. The third-order valence-corrected chi connectivity index (χ3v) is 5.61. The molecule has 2 aliphatic heterocycles. The number of fused-ring (bicyclic) bond motifs is 1. The molecule has 136 valence electrons. The Hall–Kier alpha value is -2.54. The molecule has 26 heavy (non-hydrogen) atoms. The Bertz CT molecular complexity index is 797. The van der Waals surface area contributed by atoms with Crippen molar-refractivity contribution >= 4 is 23.5 Å². The van der Waals surface area contributed by atoms with Gasteiger partial charge in [0.25, 0.3) is 0 Å². The van der Waals surface area contributed by atoms with Crippen LogP contribution in [-0.2, 0) is 0 Å². The number of rotatable bonds is 3. The summed E-state index contributed by atoms with van der Waals surface area (Å²) in [6.07, 6.45) is 0. The van der Waals surface area contributed by atoms with Gasteiger partial charge in [0.15, 0.2) is 11.5 Å². The minimum absolute atomic E-state index is 0.0379. The Morgan fingerprint density at radius 3 is 2.69 bits per heavy atom. The summed E-state index contributed by atoms with van der Waals surface area (Å²) in [5.74, 6) is 3.16. The standard InChI is InChI=1S/C19H20N2O4S/c1-23-15-5-3-14(4-6-15)20-19(22)21-8-11-26-18(21)13-2-7-16-17(12-13)25-10-9-24-16/h2-7,12,18H,8-11H2,1H3,(H,20,22). The second kappa shape index (κ2) is 7.37. The van der Waals surface area contributed by atoms with Crippen molar-refractivity contribution in [1.29, 1.82) is 0 Å². The molecule has 1 fully saturated rings. The van der Waals surface area contributed by atoms with Crippen LogP contribution in [0.3, 0.4) is 0 Å². The summed E-state index contributed by atoms with van der Waals surface area (Å²) in [6.45, 7) is 1.82. The predicted octanol–water partition coefficient (Wildman–Crippen LogP) is 3.75. The van der Waals surface area contributed by atoms with Crippen molar-refractivity contribution in [2.45, 2.75) is 5.37 Å². The highest BCUT2D eigenvalue weighted by molar-refractivity contribution is 7.99. The molecule has 6 nitrogen and oxygen atoms in total. The number of hydrogen-bond acceptors (Lipinski definition) is 5. The summed E-state index contributed by atoms with van der Waals surface area (Å²) in [5, 5.41) is 2.92. The van der Waals surface area contributed by atoms with Crippen LogP contribution in [-0.4, -0.2) is 43.6 Å². The second-order valence-corrected chi connectivity index (χ2v) is 7.17. The number of amides is 2. The molecule has 2 amide bonds. The van der Waals surface area contributed by atoms with E-state index in [1.165, 1.54) is 0 Å². The van der Waals surface area contributed by atoms with E-state index in [1.807, 2.05) is 47.4 Å². The van der Waals surface area contributed by atoms with Crippen LogP contribution in [0.4, 0.5) is 10.5 Å². The molecule has 1 unspecified atom stereocenters. The van der Waals surface area contributed by atoms with Gasteiger partial charge >= 0.3 is 6.03 Å². The van der Waals surface area contributed by atoms with Crippen LogP contribution in [0.5, 0.6) is 17.2 Å². The fourth-order valence-corrected chi connectivity index (χ4v) is 4.28. The van der Waals surface area contributed by atoms with Crippen LogP contribution in [0.15, 0.2) is 42.5 Å². The molecule has 1 N–H and O–H groups in total. The molecule has 1 atom stereocenters. The summed E-state index contributed by atoms with van der Waals surface area (Å²) in [4.78, 5) is 14.6. The summed E-state index contributed by atoms with van der Waals surface area (Å²) in [6, 6.07) is 13.1. The van der Waals surface area contributed by atoms with Crippen LogP contribution < -0.4 is 19.5 Å². The fraction of sp³-hybridized carbons (Fsp3) is 0.316. The molecular formula is C19H20N2O4S. The lowest BCUT2D eigenvalue weighted by Crippen LogP contribution is -2.34. The maximum Gasteiger partial charge on any atom is 0.323 e. The summed E-state index contributed by atoms with van der Waals surface area (Å²) in [5.41, 5.74) is 1.79. The van der Waals surface area contributed by atoms with Crippen molar-refractivity contribution < 1.29 is 19.0 Å². The number of thioether (sulfide) groups is 1. The van der Waals surface area contributed by atoms with Crippen molar-refractivity contribution in [1.82, 2.24) is 4.90 Å². The topological polar surface area (TPSA) is 60.0 Å². The van der Waals surface area contributed by atoms with Gasteiger partial charge in [-0.1, -0.05) is 6.07 Å². The van der Waals surface area contributed by atoms with Gasteiger partial charge in [-0.25, -0.2) is 4.79 Å². The second-order valence-electron chi connectivity index (χ2n) is 5.98. The van der Waals surface area contributed by atoms with Gasteiger partial charge in [0.1, 0.15) is 24.3 Å². The maximum absolute atomic E-state index is 12.8. The molecule has 0 radical (unpaired) electrons. The number of carbonyl (C=O) groups excluding carboxylic acids is 1. The first-order valence-electron chi connectivity index (χ1n) is 8.47. The molecule has 2 aromatic carbocycles. The normalized spacial score (nSPS) is 18.5.